The third-order valence-electron chi connectivity index (χ3n) is 7.55. The molecule has 1 aliphatic rings. The van der Waals surface area contributed by atoms with Gasteiger partial charge in [-0.15, -0.1) is 0 Å². The third kappa shape index (κ3) is 3.27. The molecule has 0 saturated carbocycles. The average molecular weight is 486 g/mol. The van der Waals surface area contributed by atoms with E-state index in [-0.39, 0.29) is 6.42 Å². The molecule has 0 radical (unpaired) electrons. The molecule has 0 aliphatic carbocycles. The number of nitrogens with zero attached hydrogens (tertiary/aromatic N) is 3. The van der Waals surface area contributed by atoms with Crippen LogP contribution in [-0.4, -0.2) is 20.7 Å². The van der Waals surface area contributed by atoms with Crippen molar-refractivity contribution < 1.29 is 13.2 Å². The summed E-state index contributed by atoms with van der Waals surface area (Å²) in [7, 11) is 0. The zero-order valence-electron chi connectivity index (χ0n) is 20.6. The van der Waals surface area contributed by atoms with Crippen LogP contribution in [0.2, 0.25) is 0 Å². The van der Waals surface area contributed by atoms with Gasteiger partial charge < -0.3 is 4.57 Å². The van der Waals surface area contributed by atoms with Crippen LogP contribution in [0.15, 0.2) is 72.9 Å². The number of halogens is 3. The molecule has 36 heavy (non-hydrogen) atoms. The average Bonchev–Trinajstić information content (AvgIpc) is 3.23. The van der Waals surface area contributed by atoms with Gasteiger partial charge in [0, 0.05) is 17.3 Å². The SMILES string of the molecule is CC1(C)c2cc3ccccc3cc2-c2nccc3nc(-c4ccc(CC(C)(C)C(F)(F)F)cc4)n1c23. The molecule has 6 rings (SSSR count). The molecule has 3 nitrogen and oxygen atoms in total. The maximum atomic E-state index is 13.4. The Morgan fingerprint density at radius 2 is 1.56 bits per heavy atom. The summed E-state index contributed by atoms with van der Waals surface area (Å²) in [6, 6.07) is 22.0. The fourth-order valence-corrected chi connectivity index (χ4v) is 5.40. The first kappa shape index (κ1) is 22.8. The standard InChI is InChI=1S/C30H26F3N3/c1-28(2,30(31,32)33)17-18-9-11-19(12-10-18)27-35-24-13-14-34-25-22-15-20-7-5-6-8-21(20)16-23(22)29(3,4)36(27)26(24)25/h5-16H,17H2,1-4H3. The van der Waals surface area contributed by atoms with Crippen molar-refractivity contribution in [1.29, 1.82) is 0 Å². The maximum absolute atomic E-state index is 13.4. The topological polar surface area (TPSA) is 30.7 Å². The minimum Gasteiger partial charge on any atom is -0.312 e. The van der Waals surface area contributed by atoms with Crippen LogP contribution in [-0.2, 0) is 12.0 Å². The predicted molar refractivity (Wildman–Crippen MR) is 138 cm³/mol. The summed E-state index contributed by atoms with van der Waals surface area (Å²) in [4.78, 5) is 9.76. The Hall–Kier alpha value is -3.67. The number of fused-ring (bicyclic) bond motifs is 3. The van der Waals surface area contributed by atoms with Gasteiger partial charge in [-0.25, -0.2) is 4.98 Å². The van der Waals surface area contributed by atoms with Crippen LogP contribution >= 0.6 is 0 Å². The largest absolute Gasteiger partial charge is 0.394 e. The molecule has 2 aromatic heterocycles. The molecule has 0 fully saturated rings. The Labute approximate surface area is 207 Å². The highest BCUT2D eigenvalue weighted by Crippen LogP contribution is 2.47. The van der Waals surface area contributed by atoms with Gasteiger partial charge >= 0.3 is 6.18 Å². The van der Waals surface area contributed by atoms with E-state index in [0.717, 1.165) is 44.6 Å². The van der Waals surface area contributed by atoms with Gasteiger partial charge in [0.25, 0.3) is 0 Å². The first-order valence-electron chi connectivity index (χ1n) is 12.0. The number of rotatable bonds is 3. The summed E-state index contributed by atoms with van der Waals surface area (Å²) in [5.74, 6) is 0.782. The van der Waals surface area contributed by atoms with Gasteiger partial charge in [-0.05, 0) is 60.4 Å². The molecule has 0 unspecified atom stereocenters. The highest BCUT2D eigenvalue weighted by atomic mass is 19.4. The summed E-state index contributed by atoms with van der Waals surface area (Å²) >= 11 is 0. The molecule has 6 heteroatoms. The lowest BCUT2D eigenvalue weighted by atomic mass is 9.83. The lowest BCUT2D eigenvalue weighted by Gasteiger charge is -2.36. The molecule has 182 valence electrons. The van der Waals surface area contributed by atoms with Crippen molar-refractivity contribution in [2.45, 2.75) is 45.8 Å². The lowest BCUT2D eigenvalue weighted by Crippen LogP contribution is -2.34. The van der Waals surface area contributed by atoms with E-state index in [2.05, 4.69) is 42.7 Å². The van der Waals surface area contributed by atoms with Crippen molar-refractivity contribution in [2.24, 2.45) is 5.41 Å². The zero-order valence-corrected chi connectivity index (χ0v) is 20.6. The summed E-state index contributed by atoms with van der Waals surface area (Å²) in [6.45, 7) is 6.85. The Morgan fingerprint density at radius 1 is 0.889 bits per heavy atom. The van der Waals surface area contributed by atoms with Crippen LogP contribution < -0.4 is 0 Å². The molecule has 0 amide bonds. The van der Waals surface area contributed by atoms with Crippen LogP contribution in [0.4, 0.5) is 13.2 Å². The predicted octanol–water partition coefficient (Wildman–Crippen LogP) is 8.15. The Morgan fingerprint density at radius 3 is 2.22 bits per heavy atom. The van der Waals surface area contributed by atoms with Gasteiger partial charge in [0.15, 0.2) is 0 Å². The van der Waals surface area contributed by atoms with E-state index in [1.165, 1.54) is 19.2 Å². The van der Waals surface area contributed by atoms with Gasteiger partial charge in [-0.3, -0.25) is 4.98 Å². The minimum atomic E-state index is -4.26. The normalized spacial score (nSPS) is 14.9. The van der Waals surface area contributed by atoms with E-state index in [0.29, 0.717) is 5.56 Å². The number of aromatic nitrogens is 3. The second-order valence-electron chi connectivity index (χ2n) is 10.9. The van der Waals surface area contributed by atoms with Crippen LogP contribution in [0.3, 0.4) is 0 Å². The first-order chi connectivity index (χ1) is 17.0. The fourth-order valence-electron chi connectivity index (χ4n) is 5.40. The fraction of sp³-hybridized carbons (Fsp3) is 0.267. The summed E-state index contributed by atoms with van der Waals surface area (Å²) in [5.41, 5.74) is 4.29. The van der Waals surface area contributed by atoms with Crippen LogP contribution in [0.25, 0.3) is 44.5 Å². The quantitative estimate of drug-likeness (QED) is 0.258. The molecule has 0 spiro atoms. The van der Waals surface area contributed by atoms with Crippen LogP contribution in [0.1, 0.15) is 38.8 Å². The lowest BCUT2D eigenvalue weighted by molar-refractivity contribution is -0.211. The summed E-state index contributed by atoms with van der Waals surface area (Å²) < 4.78 is 42.5. The number of benzene rings is 3. The van der Waals surface area contributed by atoms with E-state index >= 15 is 0 Å². The summed E-state index contributed by atoms with van der Waals surface area (Å²) in [6.07, 6.45) is -2.55. The molecule has 3 aromatic carbocycles. The van der Waals surface area contributed by atoms with Crippen molar-refractivity contribution in [2.75, 3.05) is 0 Å². The highest BCUT2D eigenvalue weighted by molar-refractivity contribution is 5.99. The first-order valence-corrected chi connectivity index (χ1v) is 12.0. The molecule has 0 bridgehead atoms. The smallest absolute Gasteiger partial charge is 0.312 e. The van der Waals surface area contributed by atoms with Crippen molar-refractivity contribution in [3.63, 3.8) is 0 Å². The maximum Gasteiger partial charge on any atom is 0.394 e. The highest BCUT2D eigenvalue weighted by Gasteiger charge is 2.47. The second kappa shape index (κ2) is 7.42. The monoisotopic (exact) mass is 485 g/mol. The van der Waals surface area contributed by atoms with E-state index in [1.54, 1.807) is 18.3 Å². The second-order valence-corrected chi connectivity index (χ2v) is 10.9. The molecule has 0 atom stereocenters. The van der Waals surface area contributed by atoms with E-state index < -0.39 is 17.1 Å². The molecular weight excluding hydrogens is 459 g/mol. The van der Waals surface area contributed by atoms with Gasteiger partial charge in [0.2, 0.25) is 0 Å². The third-order valence-corrected chi connectivity index (χ3v) is 7.55. The van der Waals surface area contributed by atoms with Gasteiger partial charge in [-0.1, -0.05) is 62.4 Å². The van der Waals surface area contributed by atoms with Crippen molar-refractivity contribution in [3.05, 3.63) is 84.1 Å². The molecule has 0 saturated heterocycles. The van der Waals surface area contributed by atoms with Crippen molar-refractivity contribution >= 4 is 21.8 Å². The summed E-state index contributed by atoms with van der Waals surface area (Å²) in [5, 5.41) is 2.33. The molecule has 3 heterocycles. The number of hydrogen-bond acceptors (Lipinski definition) is 2. The molecular formula is C30H26F3N3. The van der Waals surface area contributed by atoms with Crippen LogP contribution in [0.5, 0.6) is 0 Å². The number of pyridine rings is 1. The van der Waals surface area contributed by atoms with Crippen molar-refractivity contribution in [1.82, 2.24) is 14.5 Å². The number of imidazole rings is 1. The van der Waals surface area contributed by atoms with Crippen LogP contribution in [0, 0.1) is 5.41 Å². The number of alkyl halides is 3. The minimum absolute atomic E-state index is 0.0762. The Balaban J connectivity index is 1.52. The van der Waals surface area contributed by atoms with Gasteiger partial charge in [0.05, 0.1) is 27.7 Å². The van der Waals surface area contributed by atoms with E-state index in [9.17, 15) is 13.2 Å². The zero-order chi connectivity index (χ0) is 25.5. The van der Waals surface area contributed by atoms with Gasteiger partial charge in [0.1, 0.15) is 5.82 Å². The van der Waals surface area contributed by atoms with Gasteiger partial charge in [-0.2, -0.15) is 13.2 Å². The Bertz CT molecular complexity index is 1640. The molecule has 1 aliphatic heterocycles. The van der Waals surface area contributed by atoms with Crippen molar-refractivity contribution in [3.8, 4) is 22.6 Å². The Kier molecular flexibility index (Phi) is 4.69. The van der Waals surface area contributed by atoms with E-state index in [1.807, 2.05) is 30.3 Å². The molecule has 0 N–H and O–H groups in total. The van der Waals surface area contributed by atoms with E-state index in [4.69, 9.17) is 9.97 Å². The number of hydrogen-bond donors (Lipinski definition) is 0. The molecule has 5 aromatic rings.